The van der Waals surface area contributed by atoms with E-state index in [2.05, 4.69) is 30.5 Å². The van der Waals surface area contributed by atoms with Crippen molar-refractivity contribution < 1.29 is 13.9 Å². The molecule has 0 unspecified atom stereocenters. The fourth-order valence-corrected chi connectivity index (χ4v) is 4.37. The standard InChI is InChI=1S/C26H23N9O3/c1-26(16-8-4-3-5-9-16,24(36)28-14-17-10-6-12-20(30-17)37-2)35-23-18(15-29-35)22-31-21(19-11-7-13-38-19)33-34(22)25(27)32-23/h3-13,15H,14H2,1-2H3,(H2,27,32)(H,28,36)/t26-/m1/s1. The van der Waals surface area contributed by atoms with Crippen molar-refractivity contribution in [1.29, 1.82) is 0 Å². The van der Waals surface area contributed by atoms with Gasteiger partial charge in [0.05, 0.1) is 37.2 Å². The molecular weight excluding hydrogens is 486 g/mol. The lowest BCUT2D eigenvalue weighted by Gasteiger charge is -2.29. The minimum atomic E-state index is -1.29. The van der Waals surface area contributed by atoms with E-state index < -0.39 is 5.54 Å². The van der Waals surface area contributed by atoms with E-state index in [1.54, 1.807) is 49.4 Å². The van der Waals surface area contributed by atoms with Crippen LogP contribution in [0, 0.1) is 0 Å². The fraction of sp³-hybridized carbons (Fsp3) is 0.154. The molecule has 1 aromatic carbocycles. The molecule has 3 N–H and O–H groups in total. The lowest BCUT2D eigenvalue weighted by molar-refractivity contribution is -0.127. The van der Waals surface area contributed by atoms with Gasteiger partial charge in [0.25, 0.3) is 5.91 Å². The number of aromatic nitrogens is 7. The van der Waals surface area contributed by atoms with Crippen LogP contribution in [0.4, 0.5) is 5.95 Å². The van der Waals surface area contributed by atoms with Crippen molar-refractivity contribution in [3.63, 3.8) is 0 Å². The summed E-state index contributed by atoms with van der Waals surface area (Å²) in [5, 5.41) is 12.6. The number of nitrogens with two attached hydrogens (primary N) is 1. The monoisotopic (exact) mass is 509 g/mol. The van der Waals surface area contributed by atoms with Gasteiger partial charge < -0.3 is 20.2 Å². The number of anilines is 1. The number of hydrogen-bond donors (Lipinski definition) is 2. The van der Waals surface area contributed by atoms with Crippen LogP contribution in [0.3, 0.4) is 0 Å². The smallest absolute Gasteiger partial charge is 0.252 e. The average Bonchev–Trinajstić information content (AvgIpc) is 3.72. The Balaban J connectivity index is 1.46. The van der Waals surface area contributed by atoms with Crippen LogP contribution in [-0.4, -0.2) is 47.4 Å². The van der Waals surface area contributed by atoms with Gasteiger partial charge in [0, 0.05) is 6.07 Å². The number of furan rings is 1. The number of nitrogen functional groups attached to an aromatic ring is 1. The highest BCUT2D eigenvalue weighted by Crippen LogP contribution is 2.31. The first-order valence-electron chi connectivity index (χ1n) is 11.8. The summed E-state index contributed by atoms with van der Waals surface area (Å²) in [6, 6.07) is 18.2. The van der Waals surface area contributed by atoms with E-state index in [1.807, 2.05) is 42.5 Å². The van der Waals surface area contributed by atoms with Crippen molar-refractivity contribution in [3.8, 4) is 17.5 Å². The van der Waals surface area contributed by atoms with Gasteiger partial charge in [-0.05, 0) is 30.7 Å². The zero-order valence-electron chi connectivity index (χ0n) is 20.6. The molecule has 0 saturated carbocycles. The molecule has 0 spiro atoms. The summed E-state index contributed by atoms with van der Waals surface area (Å²) in [5.74, 6) is 1.10. The molecule has 5 aromatic heterocycles. The topological polar surface area (TPSA) is 151 Å². The first-order valence-corrected chi connectivity index (χ1v) is 11.8. The number of methoxy groups -OCH3 is 1. The second-order valence-corrected chi connectivity index (χ2v) is 8.70. The predicted molar refractivity (Wildman–Crippen MR) is 138 cm³/mol. The second-order valence-electron chi connectivity index (χ2n) is 8.70. The van der Waals surface area contributed by atoms with Crippen LogP contribution < -0.4 is 15.8 Å². The molecule has 0 aliphatic heterocycles. The largest absolute Gasteiger partial charge is 0.481 e. The molecule has 5 heterocycles. The van der Waals surface area contributed by atoms with Gasteiger partial charge in [0.1, 0.15) is 0 Å². The molecule has 12 nitrogen and oxygen atoms in total. The Labute approximate surface area is 216 Å². The van der Waals surface area contributed by atoms with Gasteiger partial charge in [-0.3, -0.25) is 4.79 Å². The fourth-order valence-electron chi connectivity index (χ4n) is 4.37. The molecule has 0 aliphatic rings. The average molecular weight is 510 g/mol. The number of carbonyl (C=O) groups is 1. The first kappa shape index (κ1) is 23.2. The lowest BCUT2D eigenvalue weighted by atomic mass is 9.91. The third-order valence-corrected chi connectivity index (χ3v) is 6.39. The van der Waals surface area contributed by atoms with E-state index in [9.17, 15) is 4.79 Å². The summed E-state index contributed by atoms with van der Waals surface area (Å²) in [6.45, 7) is 1.97. The third kappa shape index (κ3) is 3.70. The number of benzene rings is 1. The van der Waals surface area contributed by atoms with E-state index in [4.69, 9.17) is 14.9 Å². The number of nitrogens with one attached hydrogen (secondary N) is 1. The van der Waals surface area contributed by atoms with Crippen LogP contribution >= 0.6 is 0 Å². The molecule has 12 heteroatoms. The molecule has 1 amide bonds. The molecular formula is C26H23N9O3. The van der Waals surface area contributed by atoms with Gasteiger partial charge in [-0.2, -0.15) is 14.6 Å². The van der Waals surface area contributed by atoms with Crippen molar-refractivity contribution in [2.24, 2.45) is 0 Å². The van der Waals surface area contributed by atoms with Crippen LogP contribution in [-0.2, 0) is 16.9 Å². The van der Waals surface area contributed by atoms with E-state index in [1.165, 1.54) is 4.52 Å². The van der Waals surface area contributed by atoms with E-state index >= 15 is 0 Å². The Bertz CT molecular complexity index is 1760. The number of carbonyl (C=O) groups excluding carboxylic acids is 1. The van der Waals surface area contributed by atoms with Crippen LogP contribution in [0.2, 0.25) is 0 Å². The minimum absolute atomic E-state index is 0.0935. The summed E-state index contributed by atoms with van der Waals surface area (Å²) < 4.78 is 13.6. The van der Waals surface area contributed by atoms with Gasteiger partial charge in [0.2, 0.25) is 17.7 Å². The van der Waals surface area contributed by atoms with Crippen LogP contribution in [0.1, 0.15) is 18.2 Å². The summed E-state index contributed by atoms with van der Waals surface area (Å²) in [5.41, 5.74) is 7.19. The molecule has 1 atom stereocenters. The van der Waals surface area contributed by atoms with Crippen LogP contribution in [0.5, 0.6) is 5.88 Å². The minimum Gasteiger partial charge on any atom is -0.481 e. The summed E-state index contributed by atoms with van der Waals surface area (Å²) in [6.07, 6.45) is 3.15. The lowest BCUT2D eigenvalue weighted by Crippen LogP contribution is -2.48. The molecule has 0 radical (unpaired) electrons. The highest BCUT2D eigenvalue weighted by atomic mass is 16.5. The number of rotatable bonds is 7. The summed E-state index contributed by atoms with van der Waals surface area (Å²) >= 11 is 0. The maximum Gasteiger partial charge on any atom is 0.252 e. The molecule has 0 bridgehead atoms. The van der Waals surface area contributed by atoms with Gasteiger partial charge in [-0.1, -0.05) is 36.4 Å². The SMILES string of the molecule is COc1cccc(CNC(=O)[C@@](C)(c2ccccc2)n2ncc3c2nc(N)n2nc(-c4ccco4)nc32)n1. The third-order valence-electron chi connectivity index (χ3n) is 6.39. The quantitative estimate of drug-likeness (QED) is 0.331. The zero-order chi connectivity index (χ0) is 26.3. The van der Waals surface area contributed by atoms with Gasteiger partial charge >= 0.3 is 0 Å². The van der Waals surface area contributed by atoms with Crippen molar-refractivity contribution >= 4 is 28.5 Å². The van der Waals surface area contributed by atoms with Gasteiger partial charge in [0.15, 0.2) is 22.6 Å². The number of fused-ring (bicyclic) bond motifs is 3. The Morgan fingerprint density at radius 3 is 2.66 bits per heavy atom. The molecule has 6 rings (SSSR count). The maximum absolute atomic E-state index is 13.9. The summed E-state index contributed by atoms with van der Waals surface area (Å²) in [7, 11) is 1.54. The first-order chi connectivity index (χ1) is 18.5. The molecule has 0 fully saturated rings. The van der Waals surface area contributed by atoms with Crippen molar-refractivity contribution in [2.75, 3.05) is 12.8 Å². The molecule has 6 aromatic rings. The Morgan fingerprint density at radius 1 is 1.05 bits per heavy atom. The Hall–Kier alpha value is -5.26. The summed E-state index contributed by atoms with van der Waals surface area (Å²) in [4.78, 5) is 27.5. The maximum atomic E-state index is 13.9. The highest BCUT2D eigenvalue weighted by molar-refractivity contribution is 5.94. The van der Waals surface area contributed by atoms with Gasteiger partial charge in [-0.15, -0.1) is 5.10 Å². The molecule has 0 aliphatic carbocycles. The Morgan fingerprint density at radius 2 is 1.89 bits per heavy atom. The van der Waals surface area contributed by atoms with E-state index in [0.29, 0.717) is 45.4 Å². The molecule has 190 valence electrons. The molecule has 38 heavy (non-hydrogen) atoms. The second kappa shape index (κ2) is 9.00. The van der Waals surface area contributed by atoms with Crippen molar-refractivity contribution in [3.05, 3.63) is 84.4 Å². The normalized spacial score (nSPS) is 13.0. The molecule has 0 saturated heterocycles. The van der Waals surface area contributed by atoms with Crippen LogP contribution in [0.25, 0.3) is 28.3 Å². The predicted octanol–water partition coefficient (Wildman–Crippen LogP) is 2.80. The van der Waals surface area contributed by atoms with Crippen molar-refractivity contribution in [2.45, 2.75) is 19.0 Å². The Kier molecular flexibility index (Phi) is 5.48. The number of pyridine rings is 1. The van der Waals surface area contributed by atoms with Crippen LogP contribution in [0.15, 0.2) is 77.5 Å². The highest BCUT2D eigenvalue weighted by Gasteiger charge is 2.40. The van der Waals surface area contributed by atoms with E-state index in [-0.39, 0.29) is 18.4 Å². The zero-order valence-corrected chi connectivity index (χ0v) is 20.6. The number of ether oxygens (including phenoxy) is 1. The van der Waals surface area contributed by atoms with Gasteiger partial charge in [-0.25, -0.2) is 14.6 Å². The van der Waals surface area contributed by atoms with E-state index in [0.717, 1.165) is 0 Å². The van der Waals surface area contributed by atoms with Crippen molar-refractivity contribution in [1.82, 2.24) is 39.7 Å². The number of nitrogens with zero attached hydrogens (tertiary/aromatic N) is 7. The number of hydrogen-bond acceptors (Lipinski definition) is 9. The number of amides is 1.